The lowest BCUT2D eigenvalue weighted by Gasteiger charge is -2.10. The SMILES string of the molecule is NC(CNC(=O)O)c1c[nH]c2ccc(I)cc12. The molecule has 0 saturated carbocycles. The van der Waals surface area contributed by atoms with Crippen molar-refractivity contribution in [3.05, 3.63) is 33.5 Å². The van der Waals surface area contributed by atoms with Crippen molar-refractivity contribution in [2.45, 2.75) is 6.04 Å². The average Bonchev–Trinajstić information content (AvgIpc) is 2.68. The van der Waals surface area contributed by atoms with E-state index < -0.39 is 6.09 Å². The zero-order chi connectivity index (χ0) is 12.4. The first kappa shape index (κ1) is 12.2. The molecule has 5 N–H and O–H groups in total. The van der Waals surface area contributed by atoms with Crippen molar-refractivity contribution in [3.8, 4) is 0 Å². The quantitative estimate of drug-likeness (QED) is 0.642. The number of amides is 1. The monoisotopic (exact) mass is 345 g/mol. The van der Waals surface area contributed by atoms with E-state index in [1.807, 2.05) is 24.4 Å². The summed E-state index contributed by atoms with van der Waals surface area (Å²) in [5.41, 5.74) is 7.88. The molecule has 0 bridgehead atoms. The molecule has 90 valence electrons. The highest BCUT2D eigenvalue weighted by atomic mass is 127. The third kappa shape index (κ3) is 2.70. The van der Waals surface area contributed by atoms with Crippen molar-refractivity contribution in [3.63, 3.8) is 0 Å². The van der Waals surface area contributed by atoms with Crippen molar-refractivity contribution in [1.29, 1.82) is 0 Å². The largest absolute Gasteiger partial charge is 0.465 e. The van der Waals surface area contributed by atoms with Gasteiger partial charge < -0.3 is 21.1 Å². The van der Waals surface area contributed by atoms with Crippen LogP contribution in [0.25, 0.3) is 10.9 Å². The Bertz CT molecular complexity index is 553. The number of rotatable bonds is 3. The molecule has 1 unspecified atom stereocenters. The number of hydrogen-bond acceptors (Lipinski definition) is 2. The van der Waals surface area contributed by atoms with E-state index in [4.69, 9.17) is 10.8 Å². The number of H-pyrrole nitrogens is 1. The Balaban J connectivity index is 2.28. The molecule has 0 aliphatic carbocycles. The Hall–Kier alpha value is -1.28. The first-order valence-corrected chi connectivity index (χ1v) is 6.14. The first-order chi connectivity index (χ1) is 8.08. The van der Waals surface area contributed by atoms with Crippen molar-refractivity contribution >= 4 is 39.6 Å². The average molecular weight is 345 g/mol. The van der Waals surface area contributed by atoms with E-state index in [0.717, 1.165) is 20.0 Å². The van der Waals surface area contributed by atoms with E-state index in [1.165, 1.54) is 0 Å². The van der Waals surface area contributed by atoms with Crippen LogP contribution in [-0.4, -0.2) is 22.7 Å². The molecular weight excluding hydrogens is 333 g/mol. The number of halogens is 1. The number of aromatic amines is 1. The van der Waals surface area contributed by atoms with Gasteiger partial charge in [-0.2, -0.15) is 0 Å². The van der Waals surface area contributed by atoms with Gasteiger partial charge in [0.25, 0.3) is 0 Å². The molecule has 1 amide bonds. The summed E-state index contributed by atoms with van der Waals surface area (Å²) in [7, 11) is 0. The minimum atomic E-state index is -1.06. The second-order valence-electron chi connectivity index (χ2n) is 3.73. The Morgan fingerprint density at radius 3 is 3.06 bits per heavy atom. The summed E-state index contributed by atoms with van der Waals surface area (Å²) in [6.07, 6.45) is 0.768. The maximum atomic E-state index is 10.4. The molecule has 1 aromatic carbocycles. The molecule has 2 rings (SSSR count). The van der Waals surface area contributed by atoms with Crippen LogP contribution < -0.4 is 11.1 Å². The van der Waals surface area contributed by atoms with Crippen LogP contribution in [-0.2, 0) is 0 Å². The summed E-state index contributed by atoms with van der Waals surface area (Å²) in [5, 5.41) is 11.9. The van der Waals surface area contributed by atoms with Gasteiger partial charge in [-0.1, -0.05) is 0 Å². The molecule has 0 radical (unpaired) electrons. The highest BCUT2D eigenvalue weighted by molar-refractivity contribution is 14.1. The molecule has 1 heterocycles. The molecule has 0 aliphatic heterocycles. The fraction of sp³-hybridized carbons (Fsp3) is 0.182. The maximum absolute atomic E-state index is 10.4. The standard InChI is InChI=1S/C11H12IN3O2/c12-6-1-2-10-7(3-6)8(4-14-10)9(13)5-15-11(16)17/h1-4,9,14-15H,5,13H2,(H,16,17). The van der Waals surface area contributed by atoms with Crippen LogP contribution in [0.3, 0.4) is 0 Å². The predicted octanol–water partition coefficient (Wildman–Crippen LogP) is 2.04. The van der Waals surface area contributed by atoms with Gasteiger partial charge in [0, 0.05) is 33.3 Å². The van der Waals surface area contributed by atoms with Crippen molar-refractivity contribution in [1.82, 2.24) is 10.3 Å². The van der Waals surface area contributed by atoms with Crippen LogP contribution in [0.5, 0.6) is 0 Å². The maximum Gasteiger partial charge on any atom is 0.404 e. The lowest BCUT2D eigenvalue weighted by molar-refractivity contribution is 0.193. The van der Waals surface area contributed by atoms with Crippen molar-refractivity contribution in [2.24, 2.45) is 5.73 Å². The van der Waals surface area contributed by atoms with Crippen molar-refractivity contribution in [2.75, 3.05) is 6.54 Å². The van der Waals surface area contributed by atoms with Gasteiger partial charge >= 0.3 is 6.09 Å². The van der Waals surface area contributed by atoms with Crippen LogP contribution in [0.15, 0.2) is 24.4 Å². The number of aromatic nitrogens is 1. The number of nitrogens with one attached hydrogen (secondary N) is 2. The van der Waals surface area contributed by atoms with Gasteiger partial charge in [0.1, 0.15) is 0 Å². The predicted molar refractivity (Wildman–Crippen MR) is 74.0 cm³/mol. The van der Waals surface area contributed by atoms with Gasteiger partial charge in [-0.3, -0.25) is 0 Å². The summed E-state index contributed by atoms with van der Waals surface area (Å²) in [5.74, 6) is 0. The smallest absolute Gasteiger partial charge is 0.404 e. The second-order valence-corrected chi connectivity index (χ2v) is 4.97. The molecule has 0 aliphatic rings. The van der Waals surface area contributed by atoms with Gasteiger partial charge in [-0.15, -0.1) is 0 Å². The highest BCUT2D eigenvalue weighted by Crippen LogP contribution is 2.24. The molecule has 6 heteroatoms. The van der Waals surface area contributed by atoms with E-state index in [1.54, 1.807) is 0 Å². The summed E-state index contributed by atoms with van der Waals surface area (Å²) in [4.78, 5) is 13.5. The molecule has 2 aromatic rings. The lowest BCUT2D eigenvalue weighted by atomic mass is 10.1. The minimum absolute atomic E-state index is 0.202. The molecule has 5 nitrogen and oxygen atoms in total. The van der Waals surface area contributed by atoms with Gasteiger partial charge in [0.2, 0.25) is 0 Å². The highest BCUT2D eigenvalue weighted by Gasteiger charge is 2.12. The van der Waals surface area contributed by atoms with Gasteiger partial charge in [-0.25, -0.2) is 4.79 Å². The summed E-state index contributed by atoms with van der Waals surface area (Å²) >= 11 is 2.23. The molecule has 0 fully saturated rings. The summed E-state index contributed by atoms with van der Waals surface area (Å²) in [6, 6.07) is 5.67. The Morgan fingerprint density at radius 1 is 1.59 bits per heavy atom. The normalized spacial score (nSPS) is 12.6. The van der Waals surface area contributed by atoms with Crippen molar-refractivity contribution < 1.29 is 9.90 Å². The van der Waals surface area contributed by atoms with Crippen LogP contribution >= 0.6 is 22.6 Å². The fourth-order valence-electron chi connectivity index (χ4n) is 1.73. The number of nitrogens with two attached hydrogens (primary N) is 1. The van der Waals surface area contributed by atoms with Gasteiger partial charge in [0.05, 0.1) is 0 Å². The van der Waals surface area contributed by atoms with Crippen LogP contribution in [0, 0.1) is 3.57 Å². The van der Waals surface area contributed by atoms with E-state index in [0.29, 0.717) is 0 Å². The van der Waals surface area contributed by atoms with E-state index in [9.17, 15) is 4.79 Å². The minimum Gasteiger partial charge on any atom is -0.465 e. The first-order valence-electron chi connectivity index (χ1n) is 5.07. The topological polar surface area (TPSA) is 91.1 Å². The van der Waals surface area contributed by atoms with Crippen LogP contribution in [0.1, 0.15) is 11.6 Å². The van der Waals surface area contributed by atoms with Crippen LogP contribution in [0.2, 0.25) is 0 Å². The Labute approximate surface area is 112 Å². The summed E-state index contributed by atoms with van der Waals surface area (Å²) < 4.78 is 1.12. The van der Waals surface area contributed by atoms with E-state index in [2.05, 4.69) is 32.9 Å². The fourth-order valence-corrected chi connectivity index (χ4v) is 2.22. The zero-order valence-electron chi connectivity index (χ0n) is 8.90. The molecule has 17 heavy (non-hydrogen) atoms. The third-order valence-corrected chi connectivity index (χ3v) is 3.22. The molecule has 0 saturated heterocycles. The van der Waals surface area contributed by atoms with E-state index >= 15 is 0 Å². The second kappa shape index (κ2) is 4.92. The number of benzene rings is 1. The number of fused-ring (bicyclic) bond motifs is 1. The Morgan fingerprint density at radius 2 is 2.35 bits per heavy atom. The molecule has 0 spiro atoms. The van der Waals surface area contributed by atoms with Gasteiger partial charge in [-0.05, 0) is 46.4 Å². The number of hydrogen-bond donors (Lipinski definition) is 4. The molecular formula is C11H12IN3O2. The van der Waals surface area contributed by atoms with Gasteiger partial charge in [0.15, 0.2) is 0 Å². The third-order valence-electron chi connectivity index (χ3n) is 2.55. The van der Waals surface area contributed by atoms with E-state index in [-0.39, 0.29) is 12.6 Å². The lowest BCUT2D eigenvalue weighted by Crippen LogP contribution is -2.30. The van der Waals surface area contributed by atoms with Crippen LogP contribution in [0.4, 0.5) is 4.79 Å². The Kier molecular flexibility index (Phi) is 3.53. The molecule has 1 atom stereocenters. The zero-order valence-corrected chi connectivity index (χ0v) is 11.1. The number of carboxylic acid groups (broad SMARTS) is 1. The molecule has 1 aromatic heterocycles. The number of carbonyl (C=O) groups is 1. The summed E-state index contributed by atoms with van der Waals surface area (Å²) in [6.45, 7) is 0.202.